The fourth-order valence-electron chi connectivity index (χ4n) is 1.97. The van der Waals surface area contributed by atoms with Crippen LogP contribution < -0.4 is 14.2 Å². The minimum atomic E-state index is -3.63. The fourth-order valence-corrected chi connectivity index (χ4v) is 3.94. The van der Waals surface area contributed by atoms with Gasteiger partial charge in [0.05, 0.1) is 29.8 Å². The van der Waals surface area contributed by atoms with E-state index >= 15 is 0 Å². The quantitative estimate of drug-likeness (QED) is 0.871. The number of rotatable bonds is 6. The Labute approximate surface area is 134 Å². The van der Waals surface area contributed by atoms with Crippen molar-refractivity contribution in [1.82, 2.24) is 9.71 Å². The van der Waals surface area contributed by atoms with Gasteiger partial charge in [-0.2, -0.15) is 0 Å². The van der Waals surface area contributed by atoms with Crippen molar-refractivity contribution in [2.45, 2.75) is 25.3 Å². The molecular weight excluding hydrogens is 324 g/mol. The molecule has 2 aromatic rings. The molecule has 0 aliphatic carbocycles. The molecule has 1 aromatic carbocycles. The topological polar surface area (TPSA) is 77.5 Å². The van der Waals surface area contributed by atoms with Gasteiger partial charge in [-0.1, -0.05) is 0 Å². The summed E-state index contributed by atoms with van der Waals surface area (Å²) in [6.45, 7) is 3.97. The van der Waals surface area contributed by atoms with Crippen LogP contribution in [0.3, 0.4) is 0 Å². The summed E-state index contributed by atoms with van der Waals surface area (Å²) in [5.41, 5.74) is 0.845. The lowest BCUT2D eigenvalue weighted by Gasteiger charge is -2.10. The highest BCUT2D eigenvalue weighted by atomic mass is 32.2. The van der Waals surface area contributed by atoms with Crippen LogP contribution in [0.5, 0.6) is 11.5 Å². The van der Waals surface area contributed by atoms with Gasteiger partial charge in [0.2, 0.25) is 10.0 Å². The third kappa shape index (κ3) is 3.57. The van der Waals surface area contributed by atoms with Gasteiger partial charge in [0.15, 0.2) is 11.5 Å². The number of hydrogen-bond donors (Lipinski definition) is 1. The van der Waals surface area contributed by atoms with Crippen LogP contribution in [0.2, 0.25) is 0 Å². The minimum absolute atomic E-state index is 0.129. The number of sulfonamides is 1. The van der Waals surface area contributed by atoms with Gasteiger partial charge in [-0.15, -0.1) is 11.3 Å². The Kier molecular flexibility index (Phi) is 5.05. The Morgan fingerprint density at radius 1 is 1.18 bits per heavy atom. The number of nitrogens with zero attached hydrogens (tertiary/aromatic N) is 1. The van der Waals surface area contributed by atoms with Crippen molar-refractivity contribution in [3.05, 3.63) is 33.8 Å². The highest BCUT2D eigenvalue weighted by Crippen LogP contribution is 2.29. The van der Waals surface area contributed by atoms with Crippen molar-refractivity contribution in [2.75, 3.05) is 14.2 Å². The molecule has 0 radical (unpaired) electrons. The normalized spacial score (nSPS) is 11.5. The first-order valence-electron chi connectivity index (χ1n) is 6.52. The lowest BCUT2D eigenvalue weighted by molar-refractivity contribution is 0.354. The monoisotopic (exact) mass is 342 g/mol. The number of ether oxygens (including phenoxy) is 2. The first kappa shape index (κ1) is 16.7. The summed E-state index contributed by atoms with van der Waals surface area (Å²) in [4.78, 5) is 5.31. The van der Waals surface area contributed by atoms with Gasteiger partial charge in [0.25, 0.3) is 0 Å². The summed E-state index contributed by atoms with van der Waals surface area (Å²) < 4.78 is 37.6. The molecule has 1 aromatic heterocycles. The number of methoxy groups -OCH3 is 2. The average molecular weight is 342 g/mol. The van der Waals surface area contributed by atoms with Crippen molar-refractivity contribution >= 4 is 21.4 Å². The first-order valence-corrected chi connectivity index (χ1v) is 8.82. The SMILES string of the molecule is COc1ccc(S(=O)(=O)NCc2sc(C)nc2C)cc1OC. The zero-order valence-electron chi connectivity index (χ0n) is 12.8. The zero-order valence-corrected chi connectivity index (χ0v) is 14.5. The molecular formula is C14H18N2O4S2. The smallest absolute Gasteiger partial charge is 0.241 e. The van der Waals surface area contributed by atoms with Crippen LogP contribution in [0.15, 0.2) is 23.1 Å². The molecule has 0 atom stereocenters. The van der Waals surface area contributed by atoms with Gasteiger partial charge in [-0.3, -0.25) is 0 Å². The molecule has 2 rings (SSSR count). The minimum Gasteiger partial charge on any atom is -0.493 e. The fraction of sp³-hybridized carbons (Fsp3) is 0.357. The summed E-state index contributed by atoms with van der Waals surface area (Å²) in [5, 5.41) is 0.915. The molecule has 8 heteroatoms. The maximum absolute atomic E-state index is 12.4. The number of hydrogen-bond acceptors (Lipinski definition) is 6. The molecule has 0 spiro atoms. The summed E-state index contributed by atoms with van der Waals surface area (Å²) in [6, 6.07) is 4.48. The molecule has 0 saturated carbocycles. The second-order valence-corrected chi connectivity index (χ2v) is 7.64. The lowest BCUT2D eigenvalue weighted by Crippen LogP contribution is -2.23. The molecule has 22 heavy (non-hydrogen) atoms. The molecule has 0 aliphatic rings. The highest BCUT2D eigenvalue weighted by Gasteiger charge is 2.18. The molecule has 0 bridgehead atoms. The van der Waals surface area contributed by atoms with Crippen LogP contribution in [-0.4, -0.2) is 27.6 Å². The summed E-state index contributed by atoms with van der Waals surface area (Å²) >= 11 is 1.48. The highest BCUT2D eigenvalue weighted by molar-refractivity contribution is 7.89. The maximum Gasteiger partial charge on any atom is 0.241 e. The van der Waals surface area contributed by atoms with Crippen molar-refractivity contribution in [2.24, 2.45) is 0 Å². The summed E-state index contributed by atoms with van der Waals surface area (Å²) in [6.07, 6.45) is 0. The molecule has 1 heterocycles. The number of aryl methyl sites for hydroxylation is 2. The number of thiazole rings is 1. The van der Waals surface area contributed by atoms with Gasteiger partial charge < -0.3 is 9.47 Å². The second-order valence-electron chi connectivity index (χ2n) is 4.58. The average Bonchev–Trinajstić information content (AvgIpc) is 2.82. The van der Waals surface area contributed by atoms with Crippen LogP contribution in [-0.2, 0) is 16.6 Å². The Bertz CT molecular complexity index is 769. The van der Waals surface area contributed by atoms with Crippen LogP contribution >= 0.6 is 11.3 Å². The van der Waals surface area contributed by atoms with Crippen molar-refractivity contribution in [3.63, 3.8) is 0 Å². The van der Waals surface area contributed by atoms with E-state index in [1.54, 1.807) is 6.07 Å². The van der Waals surface area contributed by atoms with E-state index in [9.17, 15) is 8.42 Å². The van der Waals surface area contributed by atoms with Crippen LogP contribution in [0.4, 0.5) is 0 Å². The molecule has 0 unspecified atom stereocenters. The number of benzene rings is 1. The van der Waals surface area contributed by atoms with Gasteiger partial charge in [0.1, 0.15) is 0 Å². The standard InChI is InChI=1S/C14H18N2O4S2/c1-9-14(21-10(2)16-9)8-15-22(17,18)11-5-6-12(19-3)13(7-11)20-4/h5-7,15H,8H2,1-4H3. The maximum atomic E-state index is 12.4. The van der Waals surface area contributed by atoms with Crippen LogP contribution in [0.1, 0.15) is 15.6 Å². The van der Waals surface area contributed by atoms with Crippen LogP contribution in [0, 0.1) is 13.8 Å². The third-order valence-corrected chi connectivity index (χ3v) is 5.56. The third-order valence-electron chi connectivity index (χ3n) is 3.09. The molecule has 1 N–H and O–H groups in total. The van der Waals surface area contributed by atoms with E-state index in [1.807, 2.05) is 13.8 Å². The van der Waals surface area contributed by atoms with Gasteiger partial charge in [0, 0.05) is 17.5 Å². The zero-order chi connectivity index (χ0) is 16.3. The summed E-state index contributed by atoms with van der Waals surface area (Å²) in [5.74, 6) is 0.852. The Morgan fingerprint density at radius 2 is 1.86 bits per heavy atom. The van der Waals surface area contributed by atoms with E-state index in [1.165, 1.54) is 37.7 Å². The largest absolute Gasteiger partial charge is 0.493 e. The molecule has 120 valence electrons. The molecule has 6 nitrogen and oxygen atoms in total. The number of aromatic nitrogens is 1. The van der Waals surface area contributed by atoms with Crippen LogP contribution in [0.25, 0.3) is 0 Å². The van der Waals surface area contributed by atoms with Crippen molar-refractivity contribution < 1.29 is 17.9 Å². The van der Waals surface area contributed by atoms with Gasteiger partial charge in [-0.05, 0) is 26.0 Å². The Morgan fingerprint density at radius 3 is 2.41 bits per heavy atom. The van der Waals surface area contributed by atoms with Gasteiger partial charge >= 0.3 is 0 Å². The summed E-state index contributed by atoms with van der Waals surface area (Å²) in [7, 11) is -0.668. The van der Waals surface area contributed by atoms with Crippen molar-refractivity contribution in [1.29, 1.82) is 0 Å². The molecule has 0 saturated heterocycles. The Balaban J connectivity index is 2.21. The molecule has 0 aliphatic heterocycles. The lowest BCUT2D eigenvalue weighted by atomic mass is 10.3. The van der Waals surface area contributed by atoms with E-state index in [0.717, 1.165) is 15.6 Å². The van der Waals surface area contributed by atoms with E-state index in [2.05, 4.69) is 9.71 Å². The van der Waals surface area contributed by atoms with E-state index < -0.39 is 10.0 Å². The van der Waals surface area contributed by atoms with Crippen molar-refractivity contribution in [3.8, 4) is 11.5 Å². The molecule has 0 fully saturated rings. The van der Waals surface area contributed by atoms with Gasteiger partial charge in [-0.25, -0.2) is 18.1 Å². The first-order chi connectivity index (χ1) is 10.4. The predicted molar refractivity (Wildman–Crippen MR) is 85.2 cm³/mol. The number of nitrogens with one attached hydrogen (secondary N) is 1. The predicted octanol–water partition coefficient (Wildman–Crippen LogP) is 2.26. The Hall–Kier alpha value is -1.64. The van der Waals surface area contributed by atoms with E-state index in [-0.39, 0.29) is 11.4 Å². The van der Waals surface area contributed by atoms with E-state index in [4.69, 9.17) is 9.47 Å². The van der Waals surface area contributed by atoms with E-state index in [0.29, 0.717) is 11.5 Å². The second kappa shape index (κ2) is 6.64. The molecule has 0 amide bonds.